The lowest BCUT2D eigenvalue weighted by Crippen LogP contribution is -2.43. The number of para-hydroxylation sites is 1. The molecule has 2 aromatic rings. The SMILES string of the molecule is C[C@H]1Cc2ccccc2N1C(=O)CNC(=O)c1ccc(C#N)cc1. The molecule has 1 aliphatic rings. The Balaban J connectivity index is 1.65. The molecule has 0 saturated heterocycles. The highest BCUT2D eigenvalue weighted by Crippen LogP contribution is 2.31. The van der Waals surface area contributed by atoms with E-state index < -0.39 is 0 Å². The van der Waals surface area contributed by atoms with Gasteiger partial charge in [-0.15, -0.1) is 0 Å². The predicted molar refractivity (Wildman–Crippen MR) is 90.6 cm³/mol. The van der Waals surface area contributed by atoms with Gasteiger partial charge in [-0.05, 0) is 49.2 Å². The fourth-order valence-electron chi connectivity index (χ4n) is 2.98. The zero-order chi connectivity index (χ0) is 17.1. The van der Waals surface area contributed by atoms with Crippen LogP contribution in [-0.2, 0) is 11.2 Å². The van der Waals surface area contributed by atoms with Crippen molar-refractivity contribution in [1.82, 2.24) is 5.32 Å². The molecule has 120 valence electrons. The fourth-order valence-corrected chi connectivity index (χ4v) is 2.98. The Bertz CT molecular complexity index is 821. The van der Waals surface area contributed by atoms with Gasteiger partial charge in [0.1, 0.15) is 0 Å². The lowest BCUT2D eigenvalue weighted by atomic mass is 10.1. The number of nitrogens with zero attached hydrogens (tertiary/aromatic N) is 2. The zero-order valence-corrected chi connectivity index (χ0v) is 13.3. The molecule has 1 N–H and O–H groups in total. The summed E-state index contributed by atoms with van der Waals surface area (Å²) in [5.74, 6) is -0.456. The summed E-state index contributed by atoms with van der Waals surface area (Å²) in [4.78, 5) is 26.4. The van der Waals surface area contributed by atoms with Crippen LogP contribution in [0.4, 0.5) is 5.69 Å². The smallest absolute Gasteiger partial charge is 0.251 e. The molecule has 0 spiro atoms. The number of rotatable bonds is 3. The van der Waals surface area contributed by atoms with E-state index in [1.165, 1.54) is 0 Å². The second-order valence-electron chi connectivity index (χ2n) is 5.82. The minimum atomic E-state index is -0.326. The van der Waals surface area contributed by atoms with Gasteiger partial charge in [0, 0.05) is 17.3 Å². The van der Waals surface area contributed by atoms with Crippen molar-refractivity contribution >= 4 is 17.5 Å². The lowest BCUT2D eigenvalue weighted by Gasteiger charge is -2.22. The van der Waals surface area contributed by atoms with Crippen LogP contribution in [0.15, 0.2) is 48.5 Å². The normalized spacial score (nSPS) is 15.5. The first-order valence-electron chi connectivity index (χ1n) is 7.78. The summed E-state index contributed by atoms with van der Waals surface area (Å²) in [5, 5.41) is 11.4. The van der Waals surface area contributed by atoms with E-state index in [-0.39, 0.29) is 24.4 Å². The highest BCUT2D eigenvalue weighted by Gasteiger charge is 2.30. The predicted octanol–water partition coefficient (Wildman–Crippen LogP) is 2.27. The second-order valence-corrected chi connectivity index (χ2v) is 5.82. The van der Waals surface area contributed by atoms with Crippen LogP contribution in [0.3, 0.4) is 0 Å². The van der Waals surface area contributed by atoms with Gasteiger partial charge in [-0.1, -0.05) is 18.2 Å². The Morgan fingerprint density at radius 2 is 1.92 bits per heavy atom. The Morgan fingerprint density at radius 1 is 1.21 bits per heavy atom. The van der Waals surface area contributed by atoms with Gasteiger partial charge >= 0.3 is 0 Å². The molecule has 1 aliphatic heterocycles. The number of hydrogen-bond donors (Lipinski definition) is 1. The largest absolute Gasteiger partial charge is 0.343 e. The van der Waals surface area contributed by atoms with Crippen molar-refractivity contribution in [2.45, 2.75) is 19.4 Å². The van der Waals surface area contributed by atoms with Gasteiger partial charge in [-0.3, -0.25) is 9.59 Å². The van der Waals surface area contributed by atoms with E-state index in [0.29, 0.717) is 11.1 Å². The van der Waals surface area contributed by atoms with Crippen molar-refractivity contribution in [3.05, 3.63) is 65.2 Å². The standard InChI is InChI=1S/C19H17N3O2/c1-13-10-16-4-2-3-5-17(16)22(13)18(23)12-21-19(24)15-8-6-14(11-20)7-9-15/h2-9,13H,10,12H2,1H3,(H,21,24)/t13-/m0/s1. The second kappa shape index (κ2) is 6.55. The molecule has 0 aromatic heterocycles. The van der Waals surface area contributed by atoms with Crippen LogP contribution in [0.1, 0.15) is 28.4 Å². The van der Waals surface area contributed by atoms with Crippen molar-refractivity contribution < 1.29 is 9.59 Å². The molecule has 0 fully saturated rings. The minimum Gasteiger partial charge on any atom is -0.343 e. The molecule has 0 unspecified atom stereocenters. The van der Waals surface area contributed by atoms with Gasteiger partial charge in [-0.25, -0.2) is 0 Å². The number of nitriles is 1. The van der Waals surface area contributed by atoms with Gasteiger partial charge in [-0.2, -0.15) is 5.26 Å². The van der Waals surface area contributed by atoms with E-state index in [1.807, 2.05) is 37.3 Å². The van der Waals surface area contributed by atoms with E-state index >= 15 is 0 Å². The summed E-state index contributed by atoms with van der Waals surface area (Å²) in [5.41, 5.74) is 2.99. The quantitative estimate of drug-likeness (QED) is 0.943. The molecule has 5 nitrogen and oxygen atoms in total. The molecule has 0 radical (unpaired) electrons. The number of benzene rings is 2. The zero-order valence-electron chi connectivity index (χ0n) is 13.3. The third-order valence-corrected chi connectivity index (χ3v) is 4.15. The van der Waals surface area contributed by atoms with Crippen molar-refractivity contribution in [2.75, 3.05) is 11.4 Å². The van der Waals surface area contributed by atoms with E-state index in [2.05, 4.69) is 5.32 Å². The lowest BCUT2D eigenvalue weighted by molar-refractivity contribution is -0.118. The molecular formula is C19H17N3O2. The average molecular weight is 319 g/mol. The molecular weight excluding hydrogens is 302 g/mol. The number of carbonyl (C=O) groups is 2. The van der Waals surface area contributed by atoms with E-state index in [1.54, 1.807) is 29.2 Å². The molecule has 24 heavy (non-hydrogen) atoms. The van der Waals surface area contributed by atoms with Crippen LogP contribution in [0.2, 0.25) is 0 Å². The highest BCUT2D eigenvalue weighted by atomic mass is 16.2. The average Bonchev–Trinajstić information content (AvgIpc) is 2.95. The van der Waals surface area contributed by atoms with Crippen LogP contribution in [0.25, 0.3) is 0 Å². The maximum atomic E-state index is 12.5. The van der Waals surface area contributed by atoms with Crippen molar-refractivity contribution in [1.29, 1.82) is 5.26 Å². The molecule has 1 heterocycles. The first kappa shape index (κ1) is 15.8. The Hall–Kier alpha value is -3.13. The summed E-state index contributed by atoms with van der Waals surface area (Å²) >= 11 is 0. The first-order chi connectivity index (χ1) is 11.6. The van der Waals surface area contributed by atoms with E-state index in [4.69, 9.17) is 5.26 Å². The van der Waals surface area contributed by atoms with Gasteiger partial charge in [0.25, 0.3) is 5.91 Å². The Morgan fingerprint density at radius 3 is 2.62 bits per heavy atom. The first-order valence-corrected chi connectivity index (χ1v) is 7.78. The van der Waals surface area contributed by atoms with Gasteiger partial charge in [0.2, 0.25) is 5.91 Å². The summed E-state index contributed by atoms with van der Waals surface area (Å²) in [6.45, 7) is 1.94. The topological polar surface area (TPSA) is 73.2 Å². The molecule has 2 amide bonds. The molecule has 0 bridgehead atoms. The van der Waals surface area contributed by atoms with Crippen molar-refractivity contribution in [3.8, 4) is 6.07 Å². The minimum absolute atomic E-state index is 0.0580. The number of hydrogen-bond acceptors (Lipinski definition) is 3. The molecule has 5 heteroatoms. The molecule has 1 atom stereocenters. The number of carbonyl (C=O) groups excluding carboxylic acids is 2. The van der Waals surface area contributed by atoms with E-state index in [0.717, 1.165) is 17.7 Å². The summed E-state index contributed by atoms with van der Waals surface area (Å²) < 4.78 is 0. The highest BCUT2D eigenvalue weighted by molar-refractivity contribution is 6.01. The third-order valence-electron chi connectivity index (χ3n) is 4.15. The molecule has 3 rings (SSSR count). The number of fused-ring (bicyclic) bond motifs is 1. The molecule has 0 saturated carbocycles. The van der Waals surface area contributed by atoms with Crippen LogP contribution < -0.4 is 10.2 Å². The number of nitrogens with one attached hydrogen (secondary N) is 1. The number of anilines is 1. The molecule has 2 aromatic carbocycles. The van der Waals surface area contributed by atoms with Crippen molar-refractivity contribution in [3.63, 3.8) is 0 Å². The van der Waals surface area contributed by atoms with Crippen LogP contribution >= 0.6 is 0 Å². The van der Waals surface area contributed by atoms with Gasteiger partial charge in [0.05, 0.1) is 18.2 Å². The van der Waals surface area contributed by atoms with Crippen LogP contribution in [-0.4, -0.2) is 24.4 Å². The maximum Gasteiger partial charge on any atom is 0.251 e. The van der Waals surface area contributed by atoms with Gasteiger partial charge < -0.3 is 10.2 Å². The fraction of sp³-hybridized carbons (Fsp3) is 0.211. The third kappa shape index (κ3) is 2.99. The Kier molecular flexibility index (Phi) is 4.30. The maximum absolute atomic E-state index is 12.5. The summed E-state index contributed by atoms with van der Waals surface area (Å²) in [6, 6.07) is 16.2. The van der Waals surface area contributed by atoms with Crippen LogP contribution in [0, 0.1) is 11.3 Å². The summed E-state index contributed by atoms with van der Waals surface area (Å²) in [7, 11) is 0. The van der Waals surface area contributed by atoms with Crippen molar-refractivity contribution in [2.24, 2.45) is 0 Å². The van der Waals surface area contributed by atoms with E-state index in [9.17, 15) is 9.59 Å². The van der Waals surface area contributed by atoms with Gasteiger partial charge in [0.15, 0.2) is 0 Å². The number of amides is 2. The molecule has 0 aliphatic carbocycles. The Labute approximate surface area is 140 Å². The summed E-state index contributed by atoms with van der Waals surface area (Å²) in [6.07, 6.45) is 0.825. The van der Waals surface area contributed by atoms with Crippen LogP contribution in [0.5, 0.6) is 0 Å². The monoisotopic (exact) mass is 319 g/mol.